The first kappa shape index (κ1) is 15.2. The zero-order valence-electron chi connectivity index (χ0n) is 12.9. The molecule has 0 amide bonds. The fraction of sp³-hybridized carbons (Fsp3) is 0.222. The summed E-state index contributed by atoms with van der Waals surface area (Å²) in [6.45, 7) is 1.22. The summed E-state index contributed by atoms with van der Waals surface area (Å²) in [5.74, 6) is 0.668. The van der Waals surface area contributed by atoms with E-state index in [4.69, 9.17) is 9.15 Å². The van der Waals surface area contributed by atoms with Gasteiger partial charge in [0.1, 0.15) is 11.3 Å². The maximum Gasteiger partial charge on any atom is 0.197 e. The van der Waals surface area contributed by atoms with Crippen molar-refractivity contribution in [3.8, 4) is 5.75 Å². The third kappa shape index (κ3) is 3.57. The first-order valence-corrected chi connectivity index (χ1v) is 7.47. The second kappa shape index (κ2) is 7.07. The molecule has 0 fully saturated rings. The summed E-state index contributed by atoms with van der Waals surface area (Å²) in [6, 6.07) is 11.1. The second-order valence-corrected chi connectivity index (χ2v) is 5.20. The molecule has 0 spiro atoms. The highest BCUT2D eigenvalue weighted by Crippen LogP contribution is 2.18. The summed E-state index contributed by atoms with van der Waals surface area (Å²) in [7, 11) is 1.58. The fourth-order valence-electron chi connectivity index (χ4n) is 2.38. The Kier molecular flexibility index (Phi) is 4.68. The van der Waals surface area contributed by atoms with Crippen molar-refractivity contribution in [1.29, 1.82) is 0 Å². The van der Waals surface area contributed by atoms with Gasteiger partial charge in [-0.25, -0.2) is 0 Å². The highest BCUT2D eigenvalue weighted by molar-refractivity contribution is 5.78. The van der Waals surface area contributed by atoms with Gasteiger partial charge < -0.3 is 14.5 Å². The Morgan fingerprint density at radius 1 is 1.26 bits per heavy atom. The van der Waals surface area contributed by atoms with Crippen LogP contribution >= 0.6 is 0 Å². The van der Waals surface area contributed by atoms with E-state index < -0.39 is 0 Å². The Hall–Kier alpha value is -2.66. The zero-order valence-corrected chi connectivity index (χ0v) is 12.9. The molecule has 1 aromatic carbocycles. The molecule has 0 aliphatic heterocycles. The molecule has 0 saturated carbocycles. The Morgan fingerprint density at radius 3 is 2.96 bits per heavy atom. The summed E-state index contributed by atoms with van der Waals surface area (Å²) >= 11 is 0. The van der Waals surface area contributed by atoms with Crippen LogP contribution in [0.15, 0.2) is 58.1 Å². The van der Waals surface area contributed by atoms with Crippen LogP contribution in [-0.2, 0) is 13.0 Å². The van der Waals surface area contributed by atoms with Crippen LogP contribution in [0.2, 0.25) is 0 Å². The van der Waals surface area contributed by atoms with Gasteiger partial charge in [-0.1, -0.05) is 6.07 Å². The number of nitrogens with one attached hydrogen (secondary N) is 1. The summed E-state index contributed by atoms with van der Waals surface area (Å²) in [6.07, 6.45) is 4.11. The number of pyridine rings is 1. The first-order valence-electron chi connectivity index (χ1n) is 7.47. The highest BCUT2D eigenvalue weighted by atomic mass is 16.5. The van der Waals surface area contributed by atoms with Gasteiger partial charge in [0.2, 0.25) is 0 Å². The minimum absolute atomic E-state index is 0.0146. The lowest BCUT2D eigenvalue weighted by molar-refractivity contribution is 0.414. The van der Waals surface area contributed by atoms with E-state index in [0.717, 1.165) is 18.7 Å². The smallest absolute Gasteiger partial charge is 0.197 e. The molecule has 23 heavy (non-hydrogen) atoms. The monoisotopic (exact) mass is 310 g/mol. The van der Waals surface area contributed by atoms with Gasteiger partial charge in [-0.2, -0.15) is 0 Å². The maximum atomic E-state index is 12.4. The lowest BCUT2D eigenvalue weighted by Crippen LogP contribution is -2.21. The van der Waals surface area contributed by atoms with Crippen LogP contribution in [0.3, 0.4) is 0 Å². The average Bonchev–Trinajstić information content (AvgIpc) is 2.61. The molecular weight excluding hydrogens is 292 g/mol. The van der Waals surface area contributed by atoms with Gasteiger partial charge in [-0.3, -0.25) is 9.78 Å². The molecule has 0 aliphatic rings. The van der Waals surface area contributed by atoms with Gasteiger partial charge in [0.25, 0.3) is 0 Å². The number of rotatable bonds is 6. The molecule has 2 aromatic heterocycles. The quantitative estimate of drug-likeness (QED) is 0.709. The van der Waals surface area contributed by atoms with Crippen molar-refractivity contribution in [2.24, 2.45) is 0 Å². The average molecular weight is 310 g/mol. The van der Waals surface area contributed by atoms with Crippen LogP contribution in [0.25, 0.3) is 11.0 Å². The van der Waals surface area contributed by atoms with E-state index in [1.165, 1.54) is 6.26 Å². The number of ether oxygens (including phenoxy) is 1. The Bertz CT molecular complexity index is 844. The van der Waals surface area contributed by atoms with Gasteiger partial charge in [0.15, 0.2) is 5.43 Å². The minimum atomic E-state index is -0.0146. The van der Waals surface area contributed by atoms with Crippen molar-refractivity contribution in [2.75, 3.05) is 13.7 Å². The van der Waals surface area contributed by atoms with E-state index in [-0.39, 0.29) is 5.43 Å². The fourth-order valence-corrected chi connectivity index (χ4v) is 2.38. The van der Waals surface area contributed by atoms with Gasteiger partial charge in [0.05, 0.1) is 18.8 Å². The van der Waals surface area contributed by atoms with E-state index in [0.29, 0.717) is 28.8 Å². The molecule has 5 nitrogen and oxygen atoms in total. The first-order chi connectivity index (χ1) is 11.3. The van der Waals surface area contributed by atoms with Crippen LogP contribution in [-0.4, -0.2) is 18.6 Å². The summed E-state index contributed by atoms with van der Waals surface area (Å²) in [5.41, 5.74) is 2.16. The van der Waals surface area contributed by atoms with E-state index in [2.05, 4.69) is 10.3 Å². The lowest BCUT2D eigenvalue weighted by atomic mass is 10.1. The van der Waals surface area contributed by atoms with Gasteiger partial charge in [-0.05, 0) is 24.3 Å². The van der Waals surface area contributed by atoms with E-state index >= 15 is 0 Å². The van der Waals surface area contributed by atoms with Crippen molar-refractivity contribution in [3.63, 3.8) is 0 Å². The number of benzene rings is 1. The summed E-state index contributed by atoms with van der Waals surface area (Å²) in [5, 5.41) is 3.82. The molecule has 0 unspecified atom stereocenters. The molecule has 0 radical (unpaired) electrons. The van der Waals surface area contributed by atoms with Gasteiger partial charge >= 0.3 is 0 Å². The van der Waals surface area contributed by atoms with Crippen molar-refractivity contribution in [2.45, 2.75) is 13.0 Å². The number of nitrogens with zero attached hydrogens (tertiary/aromatic N) is 1. The topological polar surface area (TPSA) is 64.4 Å². The maximum absolute atomic E-state index is 12.4. The lowest BCUT2D eigenvalue weighted by Gasteiger charge is -2.06. The van der Waals surface area contributed by atoms with E-state index in [1.54, 1.807) is 31.5 Å². The molecule has 3 aromatic rings. The standard InChI is InChI=1S/C18H18N2O3/c1-22-15-5-6-16-17(10-15)23-12-13(18(16)21)11-19-9-7-14-4-2-3-8-20-14/h2-6,8,10,12,19H,7,9,11H2,1H3. The number of methoxy groups -OCH3 is 1. The Morgan fingerprint density at radius 2 is 2.17 bits per heavy atom. The molecule has 3 rings (SSSR count). The Balaban J connectivity index is 1.66. The molecule has 2 heterocycles. The molecule has 5 heteroatoms. The van der Waals surface area contributed by atoms with Crippen LogP contribution in [0.1, 0.15) is 11.3 Å². The molecule has 118 valence electrons. The van der Waals surface area contributed by atoms with E-state index in [1.807, 2.05) is 18.2 Å². The predicted octanol–water partition coefficient (Wildman–Crippen LogP) is 2.53. The van der Waals surface area contributed by atoms with Crippen molar-refractivity contribution in [3.05, 3.63) is 70.3 Å². The van der Waals surface area contributed by atoms with Crippen LogP contribution in [0.4, 0.5) is 0 Å². The molecular formula is C18H18N2O3. The summed E-state index contributed by atoms with van der Waals surface area (Å²) < 4.78 is 10.7. The third-order valence-corrected chi connectivity index (χ3v) is 3.65. The van der Waals surface area contributed by atoms with Crippen LogP contribution < -0.4 is 15.5 Å². The normalized spacial score (nSPS) is 10.8. The van der Waals surface area contributed by atoms with Crippen LogP contribution in [0.5, 0.6) is 5.75 Å². The third-order valence-electron chi connectivity index (χ3n) is 3.65. The van der Waals surface area contributed by atoms with Crippen molar-refractivity contribution >= 4 is 11.0 Å². The number of hydrogen-bond acceptors (Lipinski definition) is 5. The van der Waals surface area contributed by atoms with E-state index in [9.17, 15) is 4.79 Å². The molecule has 1 N–H and O–H groups in total. The number of hydrogen-bond donors (Lipinski definition) is 1. The van der Waals surface area contributed by atoms with Crippen molar-refractivity contribution in [1.82, 2.24) is 10.3 Å². The second-order valence-electron chi connectivity index (χ2n) is 5.20. The summed E-state index contributed by atoms with van der Waals surface area (Å²) in [4.78, 5) is 16.7. The zero-order chi connectivity index (χ0) is 16.1. The molecule has 0 bridgehead atoms. The highest BCUT2D eigenvalue weighted by Gasteiger charge is 2.07. The predicted molar refractivity (Wildman–Crippen MR) is 88.7 cm³/mol. The SMILES string of the molecule is COc1ccc2c(=O)c(CNCCc3ccccn3)coc2c1. The van der Waals surface area contributed by atoms with Crippen molar-refractivity contribution < 1.29 is 9.15 Å². The molecule has 0 atom stereocenters. The van der Waals surface area contributed by atoms with Gasteiger partial charge in [-0.15, -0.1) is 0 Å². The number of fused-ring (bicyclic) bond motifs is 1. The Labute approximate surface area is 133 Å². The largest absolute Gasteiger partial charge is 0.497 e. The van der Waals surface area contributed by atoms with Crippen LogP contribution in [0, 0.1) is 0 Å². The van der Waals surface area contributed by atoms with Gasteiger partial charge in [0, 0.05) is 43.0 Å². The number of aromatic nitrogens is 1. The molecule has 0 aliphatic carbocycles. The minimum Gasteiger partial charge on any atom is -0.497 e. The molecule has 0 saturated heterocycles.